The van der Waals surface area contributed by atoms with Crippen molar-refractivity contribution in [2.24, 2.45) is 0 Å². The highest BCUT2D eigenvalue weighted by molar-refractivity contribution is 5.93. The lowest BCUT2D eigenvalue weighted by Crippen LogP contribution is -2.55. The Bertz CT molecular complexity index is 1140. The molecule has 3 amide bonds. The molecule has 2 aromatic rings. The van der Waals surface area contributed by atoms with Crippen LogP contribution < -0.4 is 10.6 Å². The van der Waals surface area contributed by atoms with Crippen LogP contribution >= 0.6 is 0 Å². The van der Waals surface area contributed by atoms with E-state index in [-0.39, 0.29) is 36.1 Å². The fourth-order valence-corrected chi connectivity index (χ4v) is 4.37. The monoisotopic (exact) mass is 557 g/mol. The first-order valence-corrected chi connectivity index (χ1v) is 13.5. The predicted octanol–water partition coefficient (Wildman–Crippen LogP) is 3.71. The molecular formula is C30H43N3O7. The number of hydrogen-bond donors (Lipinski definition) is 5. The number of aliphatic hydroxyl groups is 1. The van der Waals surface area contributed by atoms with Gasteiger partial charge in [-0.1, -0.05) is 43.7 Å². The van der Waals surface area contributed by atoms with Crippen molar-refractivity contribution >= 4 is 17.9 Å². The van der Waals surface area contributed by atoms with Crippen molar-refractivity contribution in [3.05, 3.63) is 59.2 Å². The number of benzene rings is 2. The van der Waals surface area contributed by atoms with Crippen molar-refractivity contribution in [3.63, 3.8) is 0 Å². The highest BCUT2D eigenvalue weighted by atomic mass is 16.6. The number of phenols is 2. The minimum Gasteiger partial charge on any atom is -0.508 e. The van der Waals surface area contributed by atoms with Crippen molar-refractivity contribution in [2.45, 2.75) is 84.5 Å². The van der Waals surface area contributed by atoms with Gasteiger partial charge in [0.2, 0.25) is 11.8 Å². The Balaban J connectivity index is 2.58. The maximum Gasteiger partial charge on any atom is 0.408 e. The van der Waals surface area contributed by atoms with Gasteiger partial charge in [-0.2, -0.15) is 0 Å². The Morgan fingerprint density at radius 3 is 2.25 bits per heavy atom. The number of nitrogens with one attached hydrogen (secondary N) is 2. The van der Waals surface area contributed by atoms with Gasteiger partial charge >= 0.3 is 6.09 Å². The molecule has 0 aliphatic rings. The van der Waals surface area contributed by atoms with Gasteiger partial charge in [0.05, 0.1) is 6.61 Å². The number of rotatable bonds is 12. The molecule has 0 fully saturated rings. The molecule has 0 radical (unpaired) electrons. The van der Waals surface area contributed by atoms with Crippen LogP contribution in [0.2, 0.25) is 0 Å². The molecule has 220 valence electrons. The summed E-state index contributed by atoms with van der Waals surface area (Å²) in [5.41, 5.74) is 0.517. The average Bonchev–Trinajstić information content (AvgIpc) is 2.85. The molecule has 0 aliphatic heterocycles. The maximum atomic E-state index is 14.2. The third-order valence-electron chi connectivity index (χ3n) is 6.22. The van der Waals surface area contributed by atoms with E-state index in [1.54, 1.807) is 58.0 Å². The third kappa shape index (κ3) is 9.44. The van der Waals surface area contributed by atoms with Crippen LogP contribution in [0.15, 0.2) is 42.5 Å². The van der Waals surface area contributed by atoms with Crippen molar-refractivity contribution in [3.8, 4) is 11.5 Å². The molecule has 10 heteroatoms. The van der Waals surface area contributed by atoms with Crippen molar-refractivity contribution in [1.29, 1.82) is 0 Å². The van der Waals surface area contributed by atoms with Crippen molar-refractivity contribution in [1.82, 2.24) is 15.5 Å². The van der Waals surface area contributed by atoms with Crippen LogP contribution in [0.3, 0.4) is 0 Å². The summed E-state index contributed by atoms with van der Waals surface area (Å²) in [6, 6.07) is 8.40. The molecule has 0 heterocycles. The number of alkyl carbamates (subject to hydrolysis) is 1. The zero-order valence-corrected chi connectivity index (χ0v) is 24.2. The lowest BCUT2D eigenvalue weighted by atomic mass is 9.97. The Morgan fingerprint density at radius 2 is 1.68 bits per heavy atom. The van der Waals surface area contributed by atoms with Crippen LogP contribution in [0.25, 0.3) is 0 Å². The van der Waals surface area contributed by atoms with Crippen LogP contribution in [0.1, 0.15) is 70.2 Å². The summed E-state index contributed by atoms with van der Waals surface area (Å²) in [6.07, 6.45) is 0.719. The molecule has 0 saturated heterocycles. The zero-order valence-electron chi connectivity index (χ0n) is 24.2. The van der Waals surface area contributed by atoms with Gasteiger partial charge in [-0.3, -0.25) is 9.59 Å². The van der Waals surface area contributed by atoms with E-state index >= 15 is 0 Å². The molecule has 0 bridgehead atoms. The number of phenolic OH excluding ortho intramolecular Hbond substituents is 2. The number of hydrogen-bond acceptors (Lipinski definition) is 7. The summed E-state index contributed by atoms with van der Waals surface area (Å²) < 4.78 is 5.39. The zero-order chi connectivity index (χ0) is 30.0. The third-order valence-corrected chi connectivity index (χ3v) is 6.22. The minimum absolute atomic E-state index is 0.0145. The molecule has 40 heavy (non-hydrogen) atoms. The summed E-state index contributed by atoms with van der Waals surface area (Å²) in [4.78, 5) is 41.8. The molecule has 10 nitrogen and oxygen atoms in total. The smallest absolute Gasteiger partial charge is 0.408 e. The van der Waals surface area contributed by atoms with E-state index in [0.29, 0.717) is 17.5 Å². The van der Waals surface area contributed by atoms with Crippen LogP contribution in [-0.4, -0.2) is 69.0 Å². The molecule has 2 aromatic carbocycles. The molecule has 0 saturated carbocycles. The second-order valence-electron chi connectivity index (χ2n) is 10.9. The fraction of sp³-hybridized carbons (Fsp3) is 0.500. The van der Waals surface area contributed by atoms with E-state index in [9.17, 15) is 29.7 Å². The molecule has 0 aliphatic carbocycles. The Morgan fingerprint density at radius 1 is 1.02 bits per heavy atom. The number of aryl methyl sites for hydroxylation is 1. The van der Waals surface area contributed by atoms with Crippen LogP contribution in [0, 0.1) is 6.92 Å². The predicted molar refractivity (Wildman–Crippen MR) is 152 cm³/mol. The summed E-state index contributed by atoms with van der Waals surface area (Å²) >= 11 is 0. The van der Waals surface area contributed by atoms with E-state index in [0.717, 1.165) is 6.42 Å². The first-order valence-electron chi connectivity index (χ1n) is 13.5. The van der Waals surface area contributed by atoms with E-state index < -0.39 is 42.2 Å². The molecule has 0 aromatic heterocycles. The molecule has 2 rings (SSSR count). The largest absolute Gasteiger partial charge is 0.508 e. The van der Waals surface area contributed by atoms with Gasteiger partial charge in [0.25, 0.3) is 0 Å². The van der Waals surface area contributed by atoms with Gasteiger partial charge in [-0.25, -0.2) is 4.79 Å². The van der Waals surface area contributed by atoms with Crippen LogP contribution in [-0.2, 0) is 20.7 Å². The van der Waals surface area contributed by atoms with Crippen molar-refractivity contribution in [2.75, 3.05) is 13.2 Å². The van der Waals surface area contributed by atoms with E-state index in [4.69, 9.17) is 4.74 Å². The van der Waals surface area contributed by atoms with Gasteiger partial charge in [0, 0.05) is 24.6 Å². The number of para-hydroxylation sites is 1. The highest BCUT2D eigenvalue weighted by Gasteiger charge is 2.38. The van der Waals surface area contributed by atoms with Crippen LogP contribution in [0.5, 0.6) is 11.5 Å². The number of carbonyl (C=O) groups excluding carboxylic acids is 3. The average molecular weight is 558 g/mol. The number of aliphatic hydroxyl groups excluding tert-OH is 1. The summed E-state index contributed by atoms with van der Waals surface area (Å²) in [5.74, 6) is -1.28. The quantitative estimate of drug-likeness (QED) is 0.267. The normalized spacial score (nSPS) is 13.6. The number of ether oxygens (including phenoxy) is 1. The first kappa shape index (κ1) is 32.4. The molecule has 5 N–H and O–H groups in total. The number of aromatic hydroxyl groups is 2. The molecule has 0 spiro atoms. The number of carbonyl (C=O) groups is 3. The molecular weight excluding hydrogens is 514 g/mol. The summed E-state index contributed by atoms with van der Waals surface area (Å²) in [6.45, 7) is 9.90. The van der Waals surface area contributed by atoms with E-state index in [2.05, 4.69) is 10.6 Å². The van der Waals surface area contributed by atoms with E-state index in [1.165, 1.54) is 17.0 Å². The number of amides is 3. The number of nitrogens with zero attached hydrogens (tertiary/aromatic N) is 1. The van der Waals surface area contributed by atoms with E-state index in [1.807, 2.05) is 13.8 Å². The molecule has 3 atom stereocenters. The summed E-state index contributed by atoms with van der Waals surface area (Å²) in [7, 11) is 0. The fourth-order valence-electron chi connectivity index (χ4n) is 4.37. The standard InChI is InChI=1S/C30H43N3O7/c1-7-9-20(3)31-27(37)25(23-11-8-10-19(2)26(23)36)33(16-17-34)28(38)24(32-29(39)40-30(4,5)6)18-21-12-14-22(35)15-13-21/h8,10-15,20,24-25,34-36H,7,9,16-18H2,1-6H3,(H,31,37)(H,32,39). The van der Waals surface area contributed by atoms with Gasteiger partial charge < -0.3 is 35.6 Å². The highest BCUT2D eigenvalue weighted by Crippen LogP contribution is 2.32. The van der Waals surface area contributed by atoms with Gasteiger partial charge in [0.1, 0.15) is 29.2 Å². The first-order chi connectivity index (χ1) is 18.8. The van der Waals surface area contributed by atoms with Gasteiger partial charge in [0.15, 0.2) is 0 Å². The van der Waals surface area contributed by atoms with Gasteiger partial charge in [-0.15, -0.1) is 0 Å². The minimum atomic E-state index is -1.29. The Labute approximate surface area is 236 Å². The second-order valence-corrected chi connectivity index (χ2v) is 10.9. The van der Waals surface area contributed by atoms with Crippen LogP contribution in [0.4, 0.5) is 4.79 Å². The lowest BCUT2D eigenvalue weighted by Gasteiger charge is -2.35. The summed E-state index contributed by atoms with van der Waals surface area (Å²) in [5, 5.41) is 36.1. The Hall–Kier alpha value is -3.79. The van der Waals surface area contributed by atoms with Crippen molar-refractivity contribution < 1.29 is 34.4 Å². The van der Waals surface area contributed by atoms with Gasteiger partial charge in [-0.05, 0) is 64.3 Å². The topological polar surface area (TPSA) is 148 Å². The molecule has 3 unspecified atom stereocenters. The second kappa shape index (κ2) is 14.6. The SMILES string of the molecule is CCCC(C)NC(=O)C(c1cccc(C)c1O)N(CCO)C(=O)C(Cc1ccc(O)cc1)NC(=O)OC(C)(C)C. The Kier molecular flexibility index (Phi) is 11.8. The maximum absolute atomic E-state index is 14.2. The lowest BCUT2D eigenvalue weighted by molar-refractivity contribution is -0.143.